The molecule has 1 aromatic carbocycles. The zero-order valence-corrected chi connectivity index (χ0v) is 11.5. The average Bonchev–Trinajstić information content (AvgIpc) is 2.30. The smallest absolute Gasteiger partial charge is 0.137 e. The van der Waals surface area contributed by atoms with Gasteiger partial charge >= 0.3 is 0 Å². The van der Waals surface area contributed by atoms with Gasteiger partial charge in [-0.05, 0) is 45.1 Å². The lowest BCUT2D eigenvalue weighted by Gasteiger charge is -2.16. The van der Waals surface area contributed by atoms with Gasteiger partial charge in [0.1, 0.15) is 5.75 Å². The van der Waals surface area contributed by atoms with Crippen LogP contribution < -0.4 is 10.1 Å². The predicted octanol–water partition coefficient (Wildman–Crippen LogP) is 2.39. The third-order valence-electron chi connectivity index (χ3n) is 2.51. The maximum absolute atomic E-state index is 6.13. The lowest BCUT2D eigenvalue weighted by Crippen LogP contribution is -2.30. The van der Waals surface area contributed by atoms with E-state index in [9.17, 15) is 0 Å². The summed E-state index contributed by atoms with van der Waals surface area (Å²) in [6.45, 7) is 4.50. The van der Waals surface area contributed by atoms with Gasteiger partial charge in [0, 0.05) is 13.2 Å². The van der Waals surface area contributed by atoms with E-state index in [0.29, 0.717) is 11.6 Å². The summed E-state index contributed by atoms with van der Waals surface area (Å²) in [5.74, 6) is 0.765. The molecule has 0 aromatic heterocycles. The molecule has 4 heteroatoms. The van der Waals surface area contributed by atoms with Crippen molar-refractivity contribution in [1.82, 2.24) is 10.2 Å². The summed E-state index contributed by atoms with van der Waals surface area (Å²) in [5.41, 5.74) is 1.24. The summed E-state index contributed by atoms with van der Waals surface area (Å²) < 4.78 is 5.40. The van der Waals surface area contributed by atoms with E-state index in [1.165, 1.54) is 5.56 Å². The van der Waals surface area contributed by atoms with Crippen LogP contribution in [0.1, 0.15) is 12.5 Å². The summed E-state index contributed by atoms with van der Waals surface area (Å²) in [7, 11) is 4.04. The van der Waals surface area contributed by atoms with Crippen molar-refractivity contribution >= 4 is 11.6 Å². The maximum Gasteiger partial charge on any atom is 0.137 e. The standard InChI is InChI=1S/C13H21ClN2O/c1-4-17-13-6-5-11(9-12(13)14)7-8-16(3)10-15-2/h5-6,9,15H,4,7-8,10H2,1-3H3. The number of halogens is 1. The Morgan fingerprint density at radius 3 is 2.76 bits per heavy atom. The lowest BCUT2D eigenvalue weighted by molar-refractivity contribution is 0.321. The molecule has 1 N–H and O–H groups in total. The minimum atomic E-state index is 0.643. The third kappa shape index (κ3) is 4.94. The summed E-state index contributed by atoms with van der Waals surface area (Å²) in [6, 6.07) is 6.00. The van der Waals surface area contributed by atoms with Crippen molar-refractivity contribution in [2.24, 2.45) is 0 Å². The van der Waals surface area contributed by atoms with Gasteiger partial charge in [-0.15, -0.1) is 0 Å². The second kappa shape index (κ2) is 7.54. The molecule has 0 atom stereocenters. The first-order valence-corrected chi connectivity index (χ1v) is 6.29. The molecule has 1 rings (SSSR count). The highest BCUT2D eigenvalue weighted by molar-refractivity contribution is 6.32. The second-order valence-electron chi connectivity index (χ2n) is 4.04. The normalized spacial score (nSPS) is 10.9. The Balaban J connectivity index is 2.52. The van der Waals surface area contributed by atoms with Crippen LogP contribution in [0.5, 0.6) is 5.75 Å². The first kappa shape index (κ1) is 14.3. The fraction of sp³-hybridized carbons (Fsp3) is 0.538. The van der Waals surface area contributed by atoms with Crippen LogP contribution in [0.4, 0.5) is 0 Å². The van der Waals surface area contributed by atoms with Crippen molar-refractivity contribution in [2.45, 2.75) is 13.3 Å². The first-order chi connectivity index (χ1) is 8.17. The van der Waals surface area contributed by atoms with Crippen LogP contribution in [-0.4, -0.2) is 38.8 Å². The molecular formula is C13H21ClN2O. The number of hydrogen-bond acceptors (Lipinski definition) is 3. The Morgan fingerprint density at radius 1 is 1.41 bits per heavy atom. The predicted molar refractivity (Wildman–Crippen MR) is 72.9 cm³/mol. The molecule has 0 aliphatic rings. The van der Waals surface area contributed by atoms with E-state index in [2.05, 4.69) is 23.3 Å². The fourth-order valence-electron chi connectivity index (χ4n) is 1.64. The van der Waals surface area contributed by atoms with E-state index in [4.69, 9.17) is 16.3 Å². The third-order valence-corrected chi connectivity index (χ3v) is 2.80. The highest BCUT2D eigenvalue weighted by Crippen LogP contribution is 2.25. The van der Waals surface area contributed by atoms with Crippen molar-refractivity contribution in [3.8, 4) is 5.75 Å². The van der Waals surface area contributed by atoms with Gasteiger partial charge in [0.05, 0.1) is 11.6 Å². The zero-order chi connectivity index (χ0) is 12.7. The van der Waals surface area contributed by atoms with Gasteiger partial charge in [-0.2, -0.15) is 0 Å². The Kier molecular flexibility index (Phi) is 6.34. The number of ether oxygens (including phenoxy) is 1. The molecule has 0 heterocycles. The summed E-state index contributed by atoms with van der Waals surface area (Å²) in [4.78, 5) is 2.23. The van der Waals surface area contributed by atoms with Crippen LogP contribution >= 0.6 is 11.6 Å². The largest absolute Gasteiger partial charge is 0.492 e. The van der Waals surface area contributed by atoms with Gasteiger partial charge < -0.3 is 10.1 Å². The van der Waals surface area contributed by atoms with E-state index in [1.54, 1.807) is 0 Å². The lowest BCUT2D eigenvalue weighted by atomic mass is 10.1. The van der Waals surface area contributed by atoms with E-state index in [-0.39, 0.29) is 0 Å². The van der Waals surface area contributed by atoms with Crippen LogP contribution in [-0.2, 0) is 6.42 Å². The zero-order valence-electron chi connectivity index (χ0n) is 10.8. The molecule has 0 unspecified atom stereocenters. The molecule has 96 valence electrons. The minimum absolute atomic E-state index is 0.643. The molecular weight excluding hydrogens is 236 g/mol. The summed E-state index contributed by atoms with van der Waals surface area (Å²) >= 11 is 6.13. The minimum Gasteiger partial charge on any atom is -0.492 e. The number of nitrogens with zero attached hydrogens (tertiary/aromatic N) is 1. The van der Waals surface area contributed by atoms with Gasteiger partial charge in [-0.3, -0.25) is 4.90 Å². The second-order valence-corrected chi connectivity index (χ2v) is 4.45. The first-order valence-electron chi connectivity index (χ1n) is 5.91. The van der Waals surface area contributed by atoms with Crippen molar-refractivity contribution in [1.29, 1.82) is 0 Å². The van der Waals surface area contributed by atoms with Gasteiger partial charge in [0.15, 0.2) is 0 Å². The molecule has 0 saturated heterocycles. The van der Waals surface area contributed by atoms with E-state index in [1.807, 2.05) is 26.1 Å². The number of nitrogens with one attached hydrogen (secondary N) is 1. The molecule has 0 aliphatic heterocycles. The molecule has 0 fully saturated rings. The Morgan fingerprint density at radius 2 is 2.18 bits per heavy atom. The SMILES string of the molecule is CCOc1ccc(CCN(C)CNC)cc1Cl. The molecule has 1 aromatic rings. The van der Waals surface area contributed by atoms with Gasteiger partial charge in [-0.25, -0.2) is 0 Å². The number of rotatable bonds is 7. The topological polar surface area (TPSA) is 24.5 Å². The Bertz CT molecular complexity index is 344. The molecule has 3 nitrogen and oxygen atoms in total. The van der Waals surface area contributed by atoms with Crippen LogP contribution in [0.2, 0.25) is 5.02 Å². The van der Waals surface area contributed by atoms with E-state index < -0.39 is 0 Å². The monoisotopic (exact) mass is 256 g/mol. The Hall–Kier alpha value is -0.770. The molecule has 0 spiro atoms. The van der Waals surface area contributed by atoms with Gasteiger partial charge in [0.2, 0.25) is 0 Å². The molecule has 0 radical (unpaired) electrons. The highest BCUT2D eigenvalue weighted by atomic mass is 35.5. The van der Waals surface area contributed by atoms with E-state index >= 15 is 0 Å². The van der Waals surface area contributed by atoms with Crippen LogP contribution in [0.3, 0.4) is 0 Å². The molecule has 0 amide bonds. The van der Waals surface area contributed by atoms with Gasteiger partial charge in [-0.1, -0.05) is 17.7 Å². The van der Waals surface area contributed by atoms with Crippen molar-refractivity contribution in [3.63, 3.8) is 0 Å². The highest BCUT2D eigenvalue weighted by Gasteiger charge is 2.03. The number of likely N-dealkylation sites (N-methyl/N-ethyl adjacent to an activating group) is 1. The Labute approximate surface area is 109 Å². The maximum atomic E-state index is 6.13. The number of benzene rings is 1. The van der Waals surface area contributed by atoms with Crippen LogP contribution in [0, 0.1) is 0 Å². The molecule has 0 saturated carbocycles. The summed E-state index contributed by atoms with van der Waals surface area (Å²) in [5, 5.41) is 3.82. The van der Waals surface area contributed by atoms with Crippen molar-refractivity contribution in [2.75, 3.05) is 33.9 Å². The summed E-state index contributed by atoms with van der Waals surface area (Å²) in [6.07, 6.45) is 0.990. The van der Waals surface area contributed by atoms with Crippen LogP contribution in [0.25, 0.3) is 0 Å². The van der Waals surface area contributed by atoms with Crippen molar-refractivity contribution in [3.05, 3.63) is 28.8 Å². The molecule has 17 heavy (non-hydrogen) atoms. The molecule has 0 aliphatic carbocycles. The quantitative estimate of drug-likeness (QED) is 0.759. The average molecular weight is 257 g/mol. The molecule has 0 bridgehead atoms. The van der Waals surface area contributed by atoms with Gasteiger partial charge in [0.25, 0.3) is 0 Å². The van der Waals surface area contributed by atoms with Crippen molar-refractivity contribution < 1.29 is 4.74 Å². The number of hydrogen-bond donors (Lipinski definition) is 1. The fourth-order valence-corrected chi connectivity index (χ4v) is 1.90. The van der Waals surface area contributed by atoms with Crippen LogP contribution in [0.15, 0.2) is 18.2 Å². The van der Waals surface area contributed by atoms with E-state index in [0.717, 1.165) is 25.4 Å².